The SMILES string of the molecule is CCOC(=O)C1=CN=C2C(C)=CC=CN2[C@@H]1O. The predicted molar refractivity (Wildman–Crippen MR) is 62.9 cm³/mol. The van der Waals surface area contributed by atoms with E-state index in [2.05, 4.69) is 4.99 Å². The normalized spacial score (nSPS) is 22.4. The van der Waals surface area contributed by atoms with E-state index in [1.54, 1.807) is 24.1 Å². The van der Waals surface area contributed by atoms with Gasteiger partial charge in [-0.15, -0.1) is 0 Å². The molecule has 0 spiro atoms. The van der Waals surface area contributed by atoms with Gasteiger partial charge < -0.3 is 14.7 Å². The molecule has 2 rings (SSSR count). The number of esters is 1. The van der Waals surface area contributed by atoms with Gasteiger partial charge in [-0.2, -0.15) is 0 Å². The molecule has 0 bridgehead atoms. The van der Waals surface area contributed by atoms with Crippen LogP contribution in [0, 0.1) is 0 Å². The van der Waals surface area contributed by atoms with Crippen molar-refractivity contribution in [2.45, 2.75) is 20.1 Å². The molecule has 17 heavy (non-hydrogen) atoms. The third-order valence-corrected chi connectivity index (χ3v) is 2.57. The van der Waals surface area contributed by atoms with Crippen LogP contribution in [0.1, 0.15) is 13.8 Å². The van der Waals surface area contributed by atoms with Crippen LogP contribution >= 0.6 is 0 Å². The lowest BCUT2D eigenvalue weighted by Gasteiger charge is -2.32. The second kappa shape index (κ2) is 4.55. The minimum Gasteiger partial charge on any atom is -0.462 e. The largest absolute Gasteiger partial charge is 0.462 e. The number of aliphatic imine (C=N–C) groups is 1. The lowest BCUT2D eigenvalue weighted by Crippen LogP contribution is -2.43. The Kier molecular flexibility index (Phi) is 3.10. The van der Waals surface area contributed by atoms with Crippen molar-refractivity contribution in [3.8, 4) is 0 Å². The van der Waals surface area contributed by atoms with Gasteiger partial charge in [0.15, 0.2) is 6.23 Å². The van der Waals surface area contributed by atoms with Gasteiger partial charge in [0.2, 0.25) is 0 Å². The number of ether oxygens (including phenoxy) is 1. The number of aliphatic hydroxyl groups excluding tert-OH is 1. The van der Waals surface area contributed by atoms with Gasteiger partial charge in [0, 0.05) is 12.4 Å². The highest BCUT2D eigenvalue weighted by Crippen LogP contribution is 2.22. The Bertz CT molecular complexity index is 460. The number of aliphatic hydroxyl groups is 1. The lowest BCUT2D eigenvalue weighted by atomic mass is 10.1. The Labute approximate surface area is 99.4 Å². The smallest absolute Gasteiger partial charge is 0.340 e. The fourth-order valence-electron chi connectivity index (χ4n) is 1.71. The number of rotatable bonds is 2. The molecule has 1 N–H and O–H groups in total. The van der Waals surface area contributed by atoms with Gasteiger partial charge in [-0.05, 0) is 25.5 Å². The van der Waals surface area contributed by atoms with Crippen LogP contribution in [0.5, 0.6) is 0 Å². The fraction of sp³-hybridized carbons (Fsp3) is 0.333. The van der Waals surface area contributed by atoms with Crippen LogP contribution in [0.3, 0.4) is 0 Å². The molecule has 90 valence electrons. The van der Waals surface area contributed by atoms with Crippen LogP contribution in [0.15, 0.2) is 40.7 Å². The lowest BCUT2D eigenvalue weighted by molar-refractivity contribution is -0.140. The molecule has 1 atom stereocenters. The Morgan fingerprint density at radius 1 is 1.65 bits per heavy atom. The molecule has 2 heterocycles. The zero-order valence-corrected chi connectivity index (χ0v) is 9.75. The van der Waals surface area contributed by atoms with Gasteiger partial charge >= 0.3 is 5.97 Å². The summed E-state index contributed by atoms with van der Waals surface area (Å²) in [6.07, 6.45) is 5.70. The standard InChI is InChI=1S/C12H14N2O3/c1-3-17-12(16)9-7-13-10-8(2)5-4-6-14(10)11(9)15/h4-7,11,15H,3H2,1-2H3/t11-/m1/s1. The summed E-state index contributed by atoms with van der Waals surface area (Å²) in [5.41, 5.74) is 1.08. The third kappa shape index (κ3) is 2.01. The van der Waals surface area contributed by atoms with E-state index in [0.29, 0.717) is 5.84 Å². The number of amidine groups is 1. The monoisotopic (exact) mass is 234 g/mol. The first kappa shape index (κ1) is 11.6. The van der Waals surface area contributed by atoms with Gasteiger partial charge in [0.25, 0.3) is 0 Å². The number of fused-ring (bicyclic) bond motifs is 1. The number of allylic oxidation sites excluding steroid dienone is 2. The molecule has 0 saturated carbocycles. The molecule has 2 aliphatic rings. The molecular formula is C12H14N2O3. The van der Waals surface area contributed by atoms with Gasteiger partial charge in [0.05, 0.1) is 6.61 Å². The maximum Gasteiger partial charge on any atom is 0.340 e. The number of carbonyl (C=O) groups excluding carboxylic acids is 1. The van der Waals surface area contributed by atoms with Crippen molar-refractivity contribution in [1.82, 2.24) is 4.90 Å². The van der Waals surface area contributed by atoms with E-state index in [9.17, 15) is 9.90 Å². The number of carbonyl (C=O) groups is 1. The quantitative estimate of drug-likeness (QED) is 0.722. The Morgan fingerprint density at radius 2 is 2.41 bits per heavy atom. The average molecular weight is 234 g/mol. The topological polar surface area (TPSA) is 62.1 Å². The summed E-state index contributed by atoms with van der Waals surface area (Å²) in [5.74, 6) is 0.108. The van der Waals surface area contributed by atoms with Crippen molar-refractivity contribution in [3.63, 3.8) is 0 Å². The summed E-state index contributed by atoms with van der Waals surface area (Å²) in [6, 6.07) is 0. The summed E-state index contributed by atoms with van der Waals surface area (Å²) in [6.45, 7) is 3.88. The molecule has 0 aliphatic carbocycles. The highest BCUT2D eigenvalue weighted by atomic mass is 16.5. The molecule has 0 amide bonds. The summed E-state index contributed by atoms with van der Waals surface area (Å²) in [7, 11) is 0. The van der Waals surface area contributed by atoms with E-state index in [1.165, 1.54) is 6.20 Å². The molecule has 5 heteroatoms. The van der Waals surface area contributed by atoms with E-state index in [4.69, 9.17) is 4.74 Å². The van der Waals surface area contributed by atoms with Crippen molar-refractivity contribution in [1.29, 1.82) is 0 Å². The molecule has 0 fully saturated rings. The molecule has 0 radical (unpaired) electrons. The molecule has 0 aromatic rings. The van der Waals surface area contributed by atoms with E-state index in [0.717, 1.165) is 5.57 Å². The molecule has 0 aromatic carbocycles. The first-order valence-corrected chi connectivity index (χ1v) is 5.42. The second-order valence-electron chi connectivity index (χ2n) is 3.73. The zero-order valence-electron chi connectivity index (χ0n) is 9.75. The Morgan fingerprint density at radius 3 is 3.12 bits per heavy atom. The second-order valence-corrected chi connectivity index (χ2v) is 3.73. The molecule has 0 saturated heterocycles. The maximum atomic E-state index is 11.6. The van der Waals surface area contributed by atoms with Crippen molar-refractivity contribution >= 4 is 11.8 Å². The highest BCUT2D eigenvalue weighted by Gasteiger charge is 2.31. The predicted octanol–water partition coefficient (Wildman–Crippen LogP) is 0.940. The zero-order chi connectivity index (χ0) is 12.4. The Balaban J connectivity index is 2.31. The van der Waals surface area contributed by atoms with Crippen LogP contribution in [0.25, 0.3) is 0 Å². The van der Waals surface area contributed by atoms with Gasteiger partial charge in [0.1, 0.15) is 11.4 Å². The van der Waals surface area contributed by atoms with E-state index >= 15 is 0 Å². The van der Waals surface area contributed by atoms with Crippen molar-refractivity contribution in [2.24, 2.45) is 4.99 Å². The third-order valence-electron chi connectivity index (χ3n) is 2.57. The van der Waals surface area contributed by atoms with Gasteiger partial charge in [-0.3, -0.25) is 0 Å². The van der Waals surface area contributed by atoms with E-state index in [-0.39, 0.29) is 12.2 Å². The first-order valence-electron chi connectivity index (χ1n) is 5.42. The van der Waals surface area contributed by atoms with Crippen LogP contribution in [-0.4, -0.2) is 34.6 Å². The summed E-state index contributed by atoms with van der Waals surface area (Å²) < 4.78 is 4.86. The average Bonchev–Trinajstić information content (AvgIpc) is 2.31. The molecular weight excluding hydrogens is 220 g/mol. The van der Waals surface area contributed by atoms with Crippen LogP contribution in [0.4, 0.5) is 0 Å². The summed E-state index contributed by atoms with van der Waals surface area (Å²) >= 11 is 0. The molecule has 2 aliphatic heterocycles. The van der Waals surface area contributed by atoms with Gasteiger partial charge in [-0.1, -0.05) is 6.08 Å². The fourth-order valence-corrected chi connectivity index (χ4v) is 1.71. The molecule has 0 aromatic heterocycles. The Hall–Kier alpha value is -1.88. The summed E-state index contributed by atoms with van der Waals surface area (Å²) in [4.78, 5) is 17.3. The molecule has 5 nitrogen and oxygen atoms in total. The minimum atomic E-state index is -1.04. The van der Waals surface area contributed by atoms with E-state index < -0.39 is 12.2 Å². The van der Waals surface area contributed by atoms with Gasteiger partial charge in [-0.25, -0.2) is 9.79 Å². The highest BCUT2D eigenvalue weighted by molar-refractivity contribution is 6.03. The van der Waals surface area contributed by atoms with Crippen molar-refractivity contribution in [2.75, 3.05) is 6.61 Å². The maximum absolute atomic E-state index is 11.6. The van der Waals surface area contributed by atoms with Crippen molar-refractivity contribution < 1.29 is 14.6 Å². The number of hydrogen-bond acceptors (Lipinski definition) is 5. The van der Waals surface area contributed by atoms with Crippen molar-refractivity contribution in [3.05, 3.63) is 35.7 Å². The minimum absolute atomic E-state index is 0.148. The molecule has 0 unspecified atom stereocenters. The number of hydrogen-bond donors (Lipinski definition) is 1. The van der Waals surface area contributed by atoms with Crippen LogP contribution in [-0.2, 0) is 9.53 Å². The number of nitrogens with zero attached hydrogens (tertiary/aromatic N) is 2. The van der Waals surface area contributed by atoms with Crippen LogP contribution in [0.2, 0.25) is 0 Å². The first-order chi connectivity index (χ1) is 8.15. The summed E-state index contributed by atoms with van der Waals surface area (Å²) in [5, 5.41) is 10.1. The van der Waals surface area contributed by atoms with Crippen LogP contribution < -0.4 is 0 Å². The van der Waals surface area contributed by atoms with E-state index in [1.807, 2.05) is 13.0 Å².